The predicted octanol–water partition coefficient (Wildman–Crippen LogP) is 6.88. The summed E-state index contributed by atoms with van der Waals surface area (Å²) in [5, 5.41) is 0. The van der Waals surface area contributed by atoms with Crippen LogP contribution >= 0.6 is 0 Å². The van der Waals surface area contributed by atoms with Crippen LogP contribution in [0.25, 0.3) is 0 Å². The van der Waals surface area contributed by atoms with Crippen molar-refractivity contribution in [2.45, 2.75) is 110 Å². The molecule has 0 aromatic carbocycles. The molecule has 0 saturated carbocycles. The van der Waals surface area contributed by atoms with Gasteiger partial charge in [-0.25, -0.2) is 0 Å². The van der Waals surface area contributed by atoms with Gasteiger partial charge in [-0.1, -0.05) is 90.4 Å². The maximum atomic E-state index is 3.14. The van der Waals surface area contributed by atoms with E-state index in [0.717, 1.165) is 6.42 Å². The molecule has 0 aromatic heterocycles. The molecule has 0 saturated heterocycles. The van der Waals surface area contributed by atoms with Crippen LogP contribution in [0.2, 0.25) is 0 Å². The minimum atomic E-state index is 1.11. The van der Waals surface area contributed by atoms with E-state index in [-0.39, 0.29) is 0 Å². The Balaban J connectivity index is 2.92. The molecule has 0 unspecified atom stereocenters. The Morgan fingerprint density at radius 3 is 1.26 bits per heavy atom. The highest BCUT2D eigenvalue weighted by Gasteiger charge is 1.93. The second-order valence-electron chi connectivity index (χ2n) is 5.77. The largest absolute Gasteiger partial charge is 0.107 e. The molecule has 0 aliphatic carbocycles. The van der Waals surface area contributed by atoms with E-state index in [0.29, 0.717) is 0 Å². The van der Waals surface area contributed by atoms with Gasteiger partial charge in [-0.2, -0.15) is 0 Å². The molecule has 0 bridgehead atoms. The van der Waals surface area contributed by atoms with E-state index in [4.69, 9.17) is 0 Å². The Labute approximate surface area is 122 Å². The van der Waals surface area contributed by atoms with Crippen LogP contribution in [0.1, 0.15) is 110 Å². The monoisotopic (exact) mass is 264 g/mol. The highest BCUT2D eigenvalue weighted by atomic mass is 14.0. The fourth-order valence-corrected chi connectivity index (χ4v) is 2.53. The molecule has 0 aromatic rings. The lowest BCUT2D eigenvalue weighted by Gasteiger charge is -2.02. The van der Waals surface area contributed by atoms with Gasteiger partial charge >= 0.3 is 0 Å². The van der Waals surface area contributed by atoms with Gasteiger partial charge in [-0.05, 0) is 13.3 Å². The third-order valence-electron chi connectivity index (χ3n) is 3.83. The van der Waals surface area contributed by atoms with E-state index in [1.165, 1.54) is 89.9 Å². The van der Waals surface area contributed by atoms with Crippen molar-refractivity contribution < 1.29 is 0 Å². The molecule has 0 rings (SSSR count). The maximum absolute atomic E-state index is 3.14. The van der Waals surface area contributed by atoms with Crippen LogP contribution in [0.15, 0.2) is 0 Å². The Morgan fingerprint density at radius 1 is 0.526 bits per heavy atom. The Morgan fingerprint density at radius 2 is 0.895 bits per heavy atom. The molecule has 0 heterocycles. The van der Waals surface area contributed by atoms with Gasteiger partial charge in [0, 0.05) is 6.42 Å². The molecule has 0 radical (unpaired) electrons. The minimum Gasteiger partial charge on any atom is -0.107 e. The summed E-state index contributed by atoms with van der Waals surface area (Å²) in [4.78, 5) is 0. The third-order valence-corrected chi connectivity index (χ3v) is 3.83. The summed E-state index contributed by atoms with van der Waals surface area (Å²) in [6, 6.07) is 0. The fourth-order valence-electron chi connectivity index (χ4n) is 2.53. The van der Waals surface area contributed by atoms with E-state index >= 15 is 0 Å². The molecule has 0 amide bonds. The molecule has 0 atom stereocenters. The van der Waals surface area contributed by atoms with Gasteiger partial charge < -0.3 is 0 Å². The molecule has 0 heteroatoms. The molecule has 0 fully saturated rings. The summed E-state index contributed by atoms with van der Waals surface area (Å²) in [5.41, 5.74) is 0. The lowest BCUT2D eigenvalue weighted by molar-refractivity contribution is 0.536. The molecule has 0 nitrogen and oxygen atoms in total. The van der Waals surface area contributed by atoms with E-state index in [1.54, 1.807) is 0 Å². The summed E-state index contributed by atoms with van der Waals surface area (Å²) in [7, 11) is 0. The first-order chi connectivity index (χ1) is 9.41. The lowest BCUT2D eigenvalue weighted by Crippen LogP contribution is -1.83. The van der Waals surface area contributed by atoms with Gasteiger partial charge in [-0.3, -0.25) is 0 Å². The molecule has 19 heavy (non-hydrogen) atoms. The first kappa shape index (κ1) is 18.6. The van der Waals surface area contributed by atoms with E-state index in [9.17, 15) is 0 Å². The van der Waals surface area contributed by atoms with Crippen LogP contribution < -0.4 is 0 Å². The summed E-state index contributed by atoms with van der Waals surface area (Å²) in [6.07, 6.45) is 21.2. The van der Waals surface area contributed by atoms with Crippen LogP contribution in [-0.4, -0.2) is 0 Å². The zero-order chi connectivity index (χ0) is 14.0. The fraction of sp³-hybridized carbons (Fsp3) is 0.895. The van der Waals surface area contributed by atoms with Crippen molar-refractivity contribution >= 4 is 0 Å². The van der Waals surface area contributed by atoms with Crippen LogP contribution in [0, 0.1) is 11.8 Å². The van der Waals surface area contributed by atoms with Crippen molar-refractivity contribution in [1.29, 1.82) is 0 Å². The summed E-state index contributed by atoms with van der Waals surface area (Å²) < 4.78 is 0. The maximum Gasteiger partial charge on any atom is 0.00885 e. The molecule has 112 valence electrons. The van der Waals surface area contributed by atoms with Gasteiger partial charge in [0.05, 0.1) is 0 Å². The van der Waals surface area contributed by atoms with Gasteiger partial charge in [0.1, 0.15) is 0 Å². The number of hydrogen-bond acceptors (Lipinski definition) is 0. The van der Waals surface area contributed by atoms with Crippen molar-refractivity contribution in [2.75, 3.05) is 0 Å². The normalized spacial score (nSPS) is 10.2. The number of hydrogen-bond donors (Lipinski definition) is 0. The smallest absolute Gasteiger partial charge is 0.00885 e. The molecule has 0 aliphatic heterocycles. The van der Waals surface area contributed by atoms with Crippen LogP contribution in [0.3, 0.4) is 0 Å². The zero-order valence-electron chi connectivity index (χ0n) is 13.6. The first-order valence-corrected chi connectivity index (χ1v) is 8.81. The van der Waals surface area contributed by atoms with Gasteiger partial charge in [0.25, 0.3) is 0 Å². The number of unbranched alkanes of at least 4 members (excludes halogenated alkanes) is 14. The Hall–Kier alpha value is -0.440. The lowest BCUT2D eigenvalue weighted by atomic mass is 10.0. The summed E-state index contributed by atoms with van der Waals surface area (Å²) >= 11 is 0. The van der Waals surface area contributed by atoms with Crippen LogP contribution in [-0.2, 0) is 0 Å². The molecule has 0 N–H and O–H groups in total. The quantitative estimate of drug-likeness (QED) is 0.237. The number of rotatable bonds is 14. The average molecular weight is 264 g/mol. The average Bonchev–Trinajstić information content (AvgIpc) is 2.43. The highest BCUT2D eigenvalue weighted by molar-refractivity contribution is 4.94. The molecular formula is C19H36. The first-order valence-electron chi connectivity index (χ1n) is 8.81. The third kappa shape index (κ3) is 17.6. The predicted molar refractivity (Wildman–Crippen MR) is 88.4 cm³/mol. The topological polar surface area (TPSA) is 0 Å². The van der Waals surface area contributed by atoms with Crippen LogP contribution in [0.5, 0.6) is 0 Å². The summed E-state index contributed by atoms with van der Waals surface area (Å²) in [5.74, 6) is 6.11. The Bertz CT molecular complexity index is 206. The van der Waals surface area contributed by atoms with Gasteiger partial charge in [0.15, 0.2) is 0 Å². The molecule has 0 aliphatic rings. The van der Waals surface area contributed by atoms with Gasteiger partial charge in [0.2, 0.25) is 0 Å². The Kier molecular flexibility index (Phi) is 17.2. The van der Waals surface area contributed by atoms with E-state index < -0.39 is 0 Å². The SMILES string of the molecule is CC#CCCCCCCCCCCCCCCCC. The van der Waals surface area contributed by atoms with Crippen molar-refractivity contribution in [3.05, 3.63) is 0 Å². The molecular weight excluding hydrogens is 228 g/mol. The zero-order valence-corrected chi connectivity index (χ0v) is 13.6. The minimum absolute atomic E-state index is 1.11. The van der Waals surface area contributed by atoms with E-state index in [2.05, 4.69) is 18.8 Å². The second kappa shape index (κ2) is 17.6. The second-order valence-corrected chi connectivity index (χ2v) is 5.77. The van der Waals surface area contributed by atoms with Crippen molar-refractivity contribution in [1.82, 2.24) is 0 Å². The highest BCUT2D eigenvalue weighted by Crippen LogP contribution is 2.13. The van der Waals surface area contributed by atoms with E-state index in [1.807, 2.05) is 6.92 Å². The van der Waals surface area contributed by atoms with Crippen molar-refractivity contribution in [2.24, 2.45) is 0 Å². The molecule has 0 spiro atoms. The summed E-state index contributed by atoms with van der Waals surface area (Å²) in [6.45, 7) is 4.22. The van der Waals surface area contributed by atoms with Crippen molar-refractivity contribution in [3.63, 3.8) is 0 Å². The van der Waals surface area contributed by atoms with Crippen LogP contribution in [0.4, 0.5) is 0 Å². The standard InChI is InChI=1S/C19H36/c1-3-5-7-9-11-13-15-17-19-18-16-14-12-10-8-6-4-2/h3,5,7-19H2,1-2H3. The van der Waals surface area contributed by atoms with Crippen molar-refractivity contribution in [3.8, 4) is 11.8 Å². The van der Waals surface area contributed by atoms with Gasteiger partial charge in [-0.15, -0.1) is 11.8 Å².